The molecule has 12 heavy (non-hydrogen) atoms. The molecular formula is C7H16N2O3. The van der Waals surface area contributed by atoms with E-state index in [1.54, 1.807) is 0 Å². The molecule has 0 amide bonds. The van der Waals surface area contributed by atoms with Gasteiger partial charge in [-0.2, -0.15) is 0 Å². The number of rotatable bonds is 0. The van der Waals surface area contributed by atoms with Gasteiger partial charge in [-0.25, -0.2) is 4.79 Å². The van der Waals surface area contributed by atoms with Crippen LogP contribution in [-0.2, 0) is 0 Å². The maximum Gasteiger partial charge on any atom is 0.503 e. The molecule has 0 aromatic carbocycles. The van der Waals surface area contributed by atoms with Crippen molar-refractivity contribution in [3.63, 3.8) is 0 Å². The Morgan fingerprint density at radius 2 is 1.17 bits per heavy atom. The van der Waals surface area contributed by atoms with Crippen LogP contribution in [0.5, 0.6) is 0 Å². The molecule has 5 nitrogen and oxygen atoms in total. The molecule has 2 N–H and O–H groups in total. The van der Waals surface area contributed by atoms with E-state index in [1.807, 2.05) is 0 Å². The fourth-order valence-corrected chi connectivity index (χ4v) is 0.906. The molecule has 1 rings (SSSR count). The van der Waals surface area contributed by atoms with Crippen LogP contribution in [0.3, 0.4) is 0 Å². The molecule has 0 aliphatic carbocycles. The molecule has 0 unspecified atom stereocenters. The molecule has 1 aliphatic rings. The van der Waals surface area contributed by atoms with Crippen LogP contribution in [0.4, 0.5) is 4.79 Å². The maximum absolute atomic E-state index is 8.56. The molecule has 1 fully saturated rings. The smallest absolute Gasteiger partial charge is 0.450 e. The summed E-state index contributed by atoms with van der Waals surface area (Å²) in [5.41, 5.74) is 0. The lowest BCUT2D eigenvalue weighted by Gasteiger charge is -2.28. The van der Waals surface area contributed by atoms with E-state index in [4.69, 9.17) is 15.0 Å². The van der Waals surface area contributed by atoms with E-state index in [0.717, 1.165) is 0 Å². The second-order valence-electron chi connectivity index (χ2n) is 2.89. The predicted octanol–water partition coefficient (Wildman–Crippen LogP) is 0.0860. The SMILES string of the molecule is CN1CCN(C)CC1.O=C(O)O. The van der Waals surface area contributed by atoms with E-state index in [-0.39, 0.29) is 0 Å². The van der Waals surface area contributed by atoms with E-state index in [9.17, 15) is 0 Å². The third kappa shape index (κ3) is 7.30. The first-order valence-corrected chi connectivity index (χ1v) is 3.81. The van der Waals surface area contributed by atoms with Gasteiger partial charge >= 0.3 is 6.16 Å². The predicted molar refractivity (Wildman–Crippen MR) is 45.6 cm³/mol. The van der Waals surface area contributed by atoms with Crippen LogP contribution in [-0.4, -0.2) is 66.4 Å². The van der Waals surface area contributed by atoms with Crippen molar-refractivity contribution in [2.45, 2.75) is 0 Å². The number of hydrogen-bond donors (Lipinski definition) is 2. The Kier molecular flexibility index (Phi) is 5.40. The van der Waals surface area contributed by atoms with Gasteiger partial charge in [-0.3, -0.25) is 0 Å². The number of nitrogens with zero attached hydrogens (tertiary/aromatic N) is 2. The van der Waals surface area contributed by atoms with Crippen molar-refractivity contribution in [2.75, 3.05) is 40.3 Å². The monoisotopic (exact) mass is 176 g/mol. The quantitative estimate of drug-likeness (QED) is 0.547. The summed E-state index contributed by atoms with van der Waals surface area (Å²) < 4.78 is 0. The Morgan fingerprint density at radius 1 is 1.00 bits per heavy atom. The molecule has 5 heteroatoms. The number of piperazine rings is 1. The van der Waals surface area contributed by atoms with Crippen molar-refractivity contribution in [1.29, 1.82) is 0 Å². The summed E-state index contributed by atoms with van der Waals surface area (Å²) in [4.78, 5) is 13.3. The first-order valence-electron chi connectivity index (χ1n) is 3.81. The van der Waals surface area contributed by atoms with Crippen LogP contribution in [0, 0.1) is 0 Å². The molecule has 0 spiro atoms. The van der Waals surface area contributed by atoms with Crippen LogP contribution >= 0.6 is 0 Å². The molecule has 1 saturated heterocycles. The van der Waals surface area contributed by atoms with Gasteiger partial charge in [0.15, 0.2) is 0 Å². The summed E-state index contributed by atoms with van der Waals surface area (Å²) in [5, 5.41) is 13.9. The van der Waals surface area contributed by atoms with E-state index in [2.05, 4.69) is 23.9 Å². The van der Waals surface area contributed by atoms with Crippen molar-refractivity contribution in [2.24, 2.45) is 0 Å². The van der Waals surface area contributed by atoms with Crippen molar-refractivity contribution >= 4 is 6.16 Å². The third-order valence-electron chi connectivity index (χ3n) is 1.73. The van der Waals surface area contributed by atoms with Crippen LogP contribution < -0.4 is 0 Å². The van der Waals surface area contributed by atoms with Gasteiger partial charge in [0.1, 0.15) is 0 Å². The molecule has 0 saturated carbocycles. The van der Waals surface area contributed by atoms with Crippen molar-refractivity contribution < 1.29 is 15.0 Å². The first kappa shape index (κ1) is 11.2. The number of carbonyl (C=O) groups is 1. The van der Waals surface area contributed by atoms with Gasteiger partial charge in [-0.15, -0.1) is 0 Å². The molecular weight excluding hydrogens is 160 g/mol. The highest BCUT2D eigenvalue weighted by Crippen LogP contribution is 1.93. The Bertz CT molecular complexity index is 119. The van der Waals surface area contributed by atoms with E-state index in [0.29, 0.717) is 0 Å². The highest BCUT2D eigenvalue weighted by Gasteiger charge is 2.07. The Morgan fingerprint density at radius 3 is 1.33 bits per heavy atom. The van der Waals surface area contributed by atoms with Gasteiger partial charge in [0.05, 0.1) is 0 Å². The Labute approximate surface area is 72.2 Å². The number of likely N-dealkylation sites (N-methyl/N-ethyl adjacent to an activating group) is 2. The fraction of sp³-hybridized carbons (Fsp3) is 0.857. The average Bonchev–Trinajstić information content (AvgIpc) is 1.94. The lowest BCUT2D eigenvalue weighted by Crippen LogP contribution is -2.42. The third-order valence-corrected chi connectivity index (χ3v) is 1.73. The minimum atomic E-state index is -1.83. The number of carboxylic acid groups (broad SMARTS) is 2. The Hall–Kier alpha value is -0.810. The summed E-state index contributed by atoms with van der Waals surface area (Å²) >= 11 is 0. The van der Waals surface area contributed by atoms with Gasteiger partial charge in [0.2, 0.25) is 0 Å². The minimum Gasteiger partial charge on any atom is -0.450 e. The standard InChI is InChI=1S/C6H14N2.CH2O3/c1-7-3-5-8(2)6-4-7;2-1(3)4/h3-6H2,1-2H3;(H2,2,3,4). The Balaban J connectivity index is 0.000000261. The highest BCUT2D eigenvalue weighted by molar-refractivity contribution is 5.53. The van der Waals surface area contributed by atoms with E-state index >= 15 is 0 Å². The second kappa shape index (κ2) is 5.79. The molecule has 0 radical (unpaired) electrons. The summed E-state index contributed by atoms with van der Waals surface area (Å²) in [6, 6.07) is 0. The first-order chi connectivity index (χ1) is 5.52. The van der Waals surface area contributed by atoms with Gasteiger partial charge < -0.3 is 20.0 Å². The molecule has 72 valence electrons. The van der Waals surface area contributed by atoms with E-state index in [1.165, 1.54) is 26.2 Å². The topological polar surface area (TPSA) is 64.0 Å². The maximum atomic E-state index is 8.56. The molecule has 0 bridgehead atoms. The fourth-order valence-electron chi connectivity index (χ4n) is 0.906. The highest BCUT2D eigenvalue weighted by atomic mass is 16.6. The van der Waals surface area contributed by atoms with E-state index < -0.39 is 6.16 Å². The largest absolute Gasteiger partial charge is 0.503 e. The van der Waals surface area contributed by atoms with Crippen LogP contribution in [0.1, 0.15) is 0 Å². The zero-order valence-corrected chi connectivity index (χ0v) is 7.53. The zero-order chi connectivity index (χ0) is 9.56. The van der Waals surface area contributed by atoms with Gasteiger partial charge in [-0.1, -0.05) is 0 Å². The summed E-state index contributed by atoms with van der Waals surface area (Å²) in [6.45, 7) is 4.93. The average molecular weight is 176 g/mol. The van der Waals surface area contributed by atoms with Crippen molar-refractivity contribution in [1.82, 2.24) is 9.80 Å². The number of hydrogen-bond acceptors (Lipinski definition) is 3. The summed E-state index contributed by atoms with van der Waals surface area (Å²) in [6.07, 6.45) is -1.83. The minimum absolute atomic E-state index is 1.23. The normalized spacial score (nSPS) is 19.5. The summed E-state index contributed by atoms with van der Waals surface area (Å²) in [5.74, 6) is 0. The van der Waals surface area contributed by atoms with Gasteiger partial charge in [0.25, 0.3) is 0 Å². The zero-order valence-electron chi connectivity index (χ0n) is 7.53. The van der Waals surface area contributed by atoms with Crippen LogP contribution in [0.15, 0.2) is 0 Å². The lowest BCUT2D eigenvalue weighted by molar-refractivity contribution is 0.137. The van der Waals surface area contributed by atoms with Crippen molar-refractivity contribution in [3.8, 4) is 0 Å². The van der Waals surface area contributed by atoms with Gasteiger partial charge in [-0.05, 0) is 14.1 Å². The van der Waals surface area contributed by atoms with Crippen LogP contribution in [0.25, 0.3) is 0 Å². The molecule has 0 aromatic rings. The molecule has 0 aromatic heterocycles. The lowest BCUT2D eigenvalue weighted by atomic mass is 10.4. The van der Waals surface area contributed by atoms with Crippen LogP contribution in [0.2, 0.25) is 0 Å². The second-order valence-corrected chi connectivity index (χ2v) is 2.89. The molecule has 0 atom stereocenters. The van der Waals surface area contributed by atoms with Gasteiger partial charge in [0, 0.05) is 26.2 Å². The molecule has 1 heterocycles. The van der Waals surface area contributed by atoms with Crippen molar-refractivity contribution in [3.05, 3.63) is 0 Å². The summed E-state index contributed by atoms with van der Waals surface area (Å²) in [7, 11) is 4.35. The molecule has 1 aliphatic heterocycles.